The Labute approximate surface area is 187 Å². The van der Waals surface area contributed by atoms with Crippen LogP contribution in [0.2, 0.25) is 4.34 Å². The zero-order valence-electron chi connectivity index (χ0n) is 16.8. The van der Waals surface area contributed by atoms with Gasteiger partial charge in [0.05, 0.1) is 9.23 Å². The molecule has 2 aromatic rings. The number of amides is 1. The minimum absolute atomic E-state index is 0.0456. The highest BCUT2D eigenvalue weighted by Gasteiger charge is 2.27. The van der Waals surface area contributed by atoms with Crippen molar-refractivity contribution in [3.63, 3.8) is 0 Å². The highest BCUT2D eigenvalue weighted by atomic mass is 35.5. The summed E-state index contributed by atoms with van der Waals surface area (Å²) in [6, 6.07) is 10.4. The smallest absolute Gasteiger partial charge is 0.253 e. The third kappa shape index (κ3) is 4.89. The van der Waals surface area contributed by atoms with E-state index in [4.69, 9.17) is 11.6 Å². The van der Waals surface area contributed by atoms with Gasteiger partial charge < -0.3 is 4.90 Å². The maximum atomic E-state index is 12.9. The summed E-state index contributed by atoms with van der Waals surface area (Å²) in [6.45, 7) is 4.93. The predicted octanol–water partition coefficient (Wildman–Crippen LogP) is 3.53. The van der Waals surface area contributed by atoms with Gasteiger partial charge in [-0.3, -0.25) is 9.69 Å². The topological polar surface area (TPSA) is 60.9 Å². The molecular formula is C21H26ClN3O3S2. The Morgan fingerprint density at radius 2 is 1.57 bits per heavy atom. The number of piperazine rings is 1. The molecule has 162 valence electrons. The Kier molecular flexibility index (Phi) is 6.79. The molecular weight excluding hydrogens is 442 g/mol. The van der Waals surface area contributed by atoms with Crippen molar-refractivity contribution in [3.05, 3.63) is 51.2 Å². The first-order valence-electron chi connectivity index (χ1n) is 10.3. The van der Waals surface area contributed by atoms with E-state index in [0.717, 1.165) is 43.2 Å². The number of thiophene rings is 1. The van der Waals surface area contributed by atoms with Crippen LogP contribution in [0.3, 0.4) is 0 Å². The molecule has 1 aromatic carbocycles. The average molecular weight is 468 g/mol. The molecule has 3 heterocycles. The van der Waals surface area contributed by atoms with Crippen LogP contribution in [0.4, 0.5) is 0 Å². The first-order chi connectivity index (χ1) is 14.4. The number of halogens is 1. The summed E-state index contributed by atoms with van der Waals surface area (Å²) in [4.78, 5) is 18.5. The van der Waals surface area contributed by atoms with Crippen molar-refractivity contribution in [2.75, 3.05) is 39.3 Å². The number of sulfonamides is 1. The SMILES string of the molecule is O=C(c1ccc(S(=O)(=O)N2CCCCC2)cc1)N1CCN(Cc2ccc(Cl)s2)CC1. The minimum Gasteiger partial charge on any atom is -0.336 e. The zero-order valence-corrected chi connectivity index (χ0v) is 19.2. The van der Waals surface area contributed by atoms with Gasteiger partial charge in [0.1, 0.15) is 0 Å². The van der Waals surface area contributed by atoms with E-state index in [2.05, 4.69) is 4.90 Å². The van der Waals surface area contributed by atoms with Crippen LogP contribution in [0.25, 0.3) is 0 Å². The monoisotopic (exact) mass is 467 g/mol. The van der Waals surface area contributed by atoms with Gasteiger partial charge in [-0.15, -0.1) is 11.3 Å². The van der Waals surface area contributed by atoms with E-state index in [0.29, 0.717) is 31.7 Å². The van der Waals surface area contributed by atoms with Crippen LogP contribution in [0, 0.1) is 0 Å². The second-order valence-electron chi connectivity index (χ2n) is 7.76. The van der Waals surface area contributed by atoms with Gasteiger partial charge in [0, 0.05) is 56.3 Å². The molecule has 0 N–H and O–H groups in total. The standard InChI is InChI=1S/C21H26ClN3O3S2/c22-20-9-6-18(29-20)16-23-12-14-24(15-13-23)21(26)17-4-7-19(8-5-17)30(27,28)25-10-2-1-3-11-25/h4-9H,1-3,10-16H2. The summed E-state index contributed by atoms with van der Waals surface area (Å²) in [5.74, 6) is -0.0456. The Balaban J connectivity index is 1.35. The van der Waals surface area contributed by atoms with Gasteiger partial charge in [-0.25, -0.2) is 8.42 Å². The summed E-state index contributed by atoms with van der Waals surface area (Å²) in [5, 5.41) is 0. The molecule has 0 radical (unpaired) electrons. The molecule has 30 heavy (non-hydrogen) atoms. The molecule has 9 heteroatoms. The van der Waals surface area contributed by atoms with Gasteiger partial charge >= 0.3 is 0 Å². The summed E-state index contributed by atoms with van der Waals surface area (Å²) in [5.41, 5.74) is 0.533. The molecule has 0 spiro atoms. The van der Waals surface area contributed by atoms with Gasteiger partial charge in [0.25, 0.3) is 5.91 Å². The molecule has 0 unspecified atom stereocenters. The first kappa shape index (κ1) is 21.8. The lowest BCUT2D eigenvalue weighted by molar-refractivity contribution is 0.0629. The largest absolute Gasteiger partial charge is 0.336 e. The van der Waals surface area contributed by atoms with Gasteiger partial charge in [0.15, 0.2) is 0 Å². The molecule has 2 fully saturated rings. The molecule has 2 aliphatic rings. The maximum absolute atomic E-state index is 12.9. The van der Waals surface area contributed by atoms with Gasteiger partial charge in [0.2, 0.25) is 10.0 Å². The lowest BCUT2D eigenvalue weighted by Gasteiger charge is -2.34. The average Bonchev–Trinajstić information content (AvgIpc) is 3.19. The molecule has 1 amide bonds. The van der Waals surface area contributed by atoms with Gasteiger partial charge in [-0.2, -0.15) is 4.31 Å². The van der Waals surface area contributed by atoms with Crippen molar-refractivity contribution in [1.29, 1.82) is 0 Å². The second kappa shape index (κ2) is 9.36. The first-order valence-corrected chi connectivity index (χ1v) is 12.9. The normalized spacial score (nSPS) is 19.2. The highest BCUT2D eigenvalue weighted by Crippen LogP contribution is 2.24. The number of piperidine rings is 1. The van der Waals surface area contributed by atoms with Crippen molar-refractivity contribution < 1.29 is 13.2 Å². The number of hydrogen-bond acceptors (Lipinski definition) is 5. The van der Waals surface area contributed by atoms with Crippen LogP contribution in [-0.2, 0) is 16.6 Å². The molecule has 0 atom stereocenters. The van der Waals surface area contributed by atoms with Crippen molar-refractivity contribution in [1.82, 2.24) is 14.1 Å². The van der Waals surface area contributed by atoms with Crippen molar-refractivity contribution in [2.24, 2.45) is 0 Å². The number of benzene rings is 1. The molecule has 4 rings (SSSR count). The molecule has 2 saturated heterocycles. The third-order valence-electron chi connectivity index (χ3n) is 5.72. The van der Waals surface area contributed by atoms with Gasteiger partial charge in [-0.05, 0) is 49.2 Å². The summed E-state index contributed by atoms with van der Waals surface area (Å²) >= 11 is 7.59. The van der Waals surface area contributed by atoms with E-state index in [-0.39, 0.29) is 10.8 Å². The summed E-state index contributed by atoms with van der Waals surface area (Å²) in [7, 11) is -3.47. The fourth-order valence-electron chi connectivity index (χ4n) is 3.97. The van der Waals surface area contributed by atoms with E-state index in [9.17, 15) is 13.2 Å². The number of nitrogens with zero attached hydrogens (tertiary/aromatic N) is 3. The summed E-state index contributed by atoms with van der Waals surface area (Å²) in [6.07, 6.45) is 2.89. The molecule has 2 aliphatic heterocycles. The molecule has 1 aromatic heterocycles. The zero-order chi connectivity index (χ0) is 21.1. The predicted molar refractivity (Wildman–Crippen MR) is 120 cm³/mol. The van der Waals surface area contributed by atoms with Crippen molar-refractivity contribution in [3.8, 4) is 0 Å². The van der Waals surface area contributed by atoms with Crippen LogP contribution in [0.1, 0.15) is 34.5 Å². The number of rotatable bonds is 5. The second-order valence-corrected chi connectivity index (χ2v) is 11.5. The maximum Gasteiger partial charge on any atom is 0.253 e. The van der Waals surface area contributed by atoms with Crippen LogP contribution in [0.15, 0.2) is 41.3 Å². The molecule has 6 nitrogen and oxygen atoms in total. The fourth-order valence-corrected chi connectivity index (χ4v) is 6.62. The number of carbonyl (C=O) groups is 1. The van der Waals surface area contributed by atoms with E-state index in [1.54, 1.807) is 39.9 Å². The lowest BCUT2D eigenvalue weighted by atomic mass is 10.2. The van der Waals surface area contributed by atoms with Crippen LogP contribution >= 0.6 is 22.9 Å². The van der Waals surface area contributed by atoms with E-state index < -0.39 is 10.0 Å². The molecule has 0 aliphatic carbocycles. The molecule has 0 saturated carbocycles. The van der Waals surface area contributed by atoms with Crippen molar-refractivity contribution in [2.45, 2.75) is 30.7 Å². The number of hydrogen-bond donors (Lipinski definition) is 0. The van der Waals surface area contributed by atoms with Crippen LogP contribution in [-0.4, -0.2) is 67.7 Å². The Hall–Kier alpha value is -1.45. The lowest BCUT2D eigenvalue weighted by Crippen LogP contribution is -2.48. The Bertz CT molecular complexity index is 977. The van der Waals surface area contributed by atoms with E-state index >= 15 is 0 Å². The van der Waals surface area contributed by atoms with E-state index in [1.165, 1.54) is 4.88 Å². The summed E-state index contributed by atoms with van der Waals surface area (Å²) < 4.78 is 27.9. The van der Waals surface area contributed by atoms with Crippen molar-refractivity contribution >= 4 is 38.9 Å². The Morgan fingerprint density at radius 1 is 0.900 bits per heavy atom. The van der Waals surface area contributed by atoms with Crippen LogP contribution < -0.4 is 0 Å². The minimum atomic E-state index is -3.47. The van der Waals surface area contributed by atoms with E-state index in [1.807, 2.05) is 17.0 Å². The van der Waals surface area contributed by atoms with Gasteiger partial charge in [-0.1, -0.05) is 18.0 Å². The number of carbonyl (C=O) groups excluding carboxylic acids is 1. The highest BCUT2D eigenvalue weighted by molar-refractivity contribution is 7.89. The quantitative estimate of drug-likeness (QED) is 0.674. The molecule has 0 bridgehead atoms. The van der Waals surface area contributed by atoms with Crippen LogP contribution in [0.5, 0.6) is 0 Å². The fraction of sp³-hybridized carbons (Fsp3) is 0.476. The third-order valence-corrected chi connectivity index (χ3v) is 8.85. The Morgan fingerprint density at radius 3 is 2.17 bits per heavy atom.